The number of carboxylic acid groups (broad SMARTS) is 1. The Kier molecular flexibility index (Phi) is 27.9. The molecule has 24 nitrogen and oxygen atoms in total. The predicted octanol–water partition coefficient (Wildman–Crippen LogP) is -2.05. The highest BCUT2D eigenvalue weighted by molar-refractivity contribution is 5.98. The number of phenolic OH excluding ortho intramolecular Hbond substituents is 1. The zero-order valence-electron chi connectivity index (χ0n) is 42.9. The lowest BCUT2D eigenvalue weighted by atomic mass is 9.99. The quantitative estimate of drug-likeness (QED) is 0.0336. The SMILES string of the molecule is CC(C)[C@H](NC(=O)[C@H](CCC(=O)O)NC(=O)[C@H](Cc1ccccc1)NC(=O)[C@@H](C)NC(=O)[C@H](Cc1ccc(O)cc1)NC(=O)[C@H](CCCCN)NC(=O)[C@@H](N)CCCCN)C(=O)N[C@H](C(=O)NCC(N)=O)C(C)C. The number of primary amides is 1. The van der Waals surface area contributed by atoms with E-state index in [0.29, 0.717) is 56.3 Å². The van der Waals surface area contributed by atoms with Crippen LogP contribution in [0.3, 0.4) is 0 Å². The van der Waals surface area contributed by atoms with Crippen LogP contribution in [0.5, 0.6) is 5.75 Å². The summed E-state index contributed by atoms with van der Waals surface area (Å²) in [5, 5.41) is 40.1. The topological polar surface area (TPSA) is 411 Å². The maximum absolute atomic E-state index is 14.2. The molecule has 0 saturated carbocycles. The fourth-order valence-corrected chi connectivity index (χ4v) is 7.42. The third-order valence-corrected chi connectivity index (χ3v) is 11.8. The minimum atomic E-state index is -1.57. The zero-order chi connectivity index (χ0) is 55.5. The van der Waals surface area contributed by atoms with Gasteiger partial charge in [-0.25, -0.2) is 0 Å². The maximum atomic E-state index is 14.2. The number of benzene rings is 2. The van der Waals surface area contributed by atoms with Crippen molar-refractivity contribution in [3.05, 3.63) is 65.7 Å². The van der Waals surface area contributed by atoms with Gasteiger partial charge in [-0.1, -0.05) is 76.6 Å². The summed E-state index contributed by atoms with van der Waals surface area (Å²) in [6.45, 7) is 8.08. The Balaban J connectivity index is 2.42. The lowest BCUT2D eigenvalue weighted by molar-refractivity contribution is -0.139. The van der Waals surface area contributed by atoms with Crippen molar-refractivity contribution in [3.63, 3.8) is 0 Å². The van der Waals surface area contributed by atoms with Gasteiger partial charge in [-0.15, -0.1) is 0 Å². The van der Waals surface area contributed by atoms with Crippen molar-refractivity contribution in [2.24, 2.45) is 34.8 Å². The molecule has 0 aliphatic carbocycles. The molecule has 0 spiro atoms. The van der Waals surface area contributed by atoms with Crippen LogP contribution in [-0.4, -0.2) is 137 Å². The average molecular weight is 1040 g/mol. The van der Waals surface area contributed by atoms with Crippen molar-refractivity contribution in [1.29, 1.82) is 0 Å². The molecule has 0 saturated heterocycles. The van der Waals surface area contributed by atoms with Crippen LogP contribution in [0, 0.1) is 11.8 Å². The Morgan fingerprint density at radius 2 is 0.946 bits per heavy atom. The number of amides is 9. The van der Waals surface area contributed by atoms with Gasteiger partial charge in [0.25, 0.3) is 0 Å². The third-order valence-electron chi connectivity index (χ3n) is 11.8. The van der Waals surface area contributed by atoms with E-state index < -0.39 is 139 Å². The van der Waals surface area contributed by atoms with Crippen LogP contribution in [-0.2, 0) is 60.8 Å². The normalized spacial score (nSPS) is 14.4. The van der Waals surface area contributed by atoms with Gasteiger partial charge in [0, 0.05) is 19.3 Å². The number of carbonyl (C=O) groups is 10. The van der Waals surface area contributed by atoms with Gasteiger partial charge >= 0.3 is 5.97 Å². The number of aliphatic carboxylic acids is 1. The monoisotopic (exact) mass is 1040 g/mol. The molecule has 18 N–H and O–H groups in total. The van der Waals surface area contributed by atoms with E-state index in [1.54, 1.807) is 58.0 Å². The number of nitrogens with two attached hydrogens (primary N) is 4. The van der Waals surface area contributed by atoms with Gasteiger partial charge in [0.1, 0.15) is 48.0 Å². The molecule has 0 aliphatic rings. The van der Waals surface area contributed by atoms with Crippen molar-refractivity contribution >= 4 is 59.1 Å². The highest BCUT2D eigenvalue weighted by Crippen LogP contribution is 2.14. The van der Waals surface area contributed by atoms with E-state index in [1.807, 2.05) is 0 Å². The van der Waals surface area contributed by atoms with E-state index in [0.717, 1.165) is 0 Å². The lowest BCUT2D eigenvalue weighted by Gasteiger charge is -2.29. The summed E-state index contributed by atoms with van der Waals surface area (Å²) in [4.78, 5) is 133. The number of hydrogen-bond donors (Lipinski definition) is 14. The molecule has 0 radical (unpaired) electrons. The van der Waals surface area contributed by atoms with Gasteiger partial charge in [0.05, 0.1) is 12.6 Å². The first-order valence-corrected chi connectivity index (χ1v) is 24.9. The molecule has 0 fully saturated rings. The number of nitrogens with one attached hydrogen (secondary N) is 8. The fraction of sp³-hybridized carbons (Fsp3) is 0.560. The molecule has 24 heteroatoms. The third kappa shape index (κ3) is 23.1. The van der Waals surface area contributed by atoms with Crippen LogP contribution in [0.25, 0.3) is 0 Å². The Bertz CT molecular complexity index is 2180. The van der Waals surface area contributed by atoms with E-state index in [9.17, 15) is 58.2 Å². The number of carboxylic acids is 1. The second-order valence-corrected chi connectivity index (χ2v) is 18.8. The average Bonchev–Trinajstić information content (AvgIpc) is 3.34. The Labute approximate surface area is 431 Å². The highest BCUT2D eigenvalue weighted by Gasteiger charge is 2.35. The summed E-state index contributed by atoms with van der Waals surface area (Å²) in [7, 11) is 0. The molecule has 410 valence electrons. The summed E-state index contributed by atoms with van der Waals surface area (Å²) >= 11 is 0. The Morgan fingerprint density at radius 1 is 0.500 bits per heavy atom. The van der Waals surface area contributed by atoms with Crippen molar-refractivity contribution < 1.29 is 58.2 Å². The van der Waals surface area contributed by atoms with Crippen LogP contribution in [0.1, 0.15) is 97.1 Å². The van der Waals surface area contributed by atoms with E-state index >= 15 is 0 Å². The smallest absolute Gasteiger partial charge is 0.303 e. The van der Waals surface area contributed by atoms with Gasteiger partial charge in [-0.3, -0.25) is 47.9 Å². The van der Waals surface area contributed by atoms with Crippen molar-refractivity contribution in [2.45, 2.75) is 147 Å². The zero-order valence-corrected chi connectivity index (χ0v) is 42.9. The molecular weight excluding hydrogens is 961 g/mol. The minimum absolute atomic E-state index is 0.0531. The van der Waals surface area contributed by atoms with E-state index in [-0.39, 0.29) is 25.0 Å². The molecule has 0 bridgehead atoms. The largest absolute Gasteiger partial charge is 0.508 e. The molecule has 2 rings (SSSR count). The van der Waals surface area contributed by atoms with Crippen molar-refractivity contribution in [2.75, 3.05) is 19.6 Å². The number of hydrogen-bond acceptors (Lipinski definition) is 14. The van der Waals surface area contributed by atoms with Crippen LogP contribution in [0.4, 0.5) is 0 Å². The molecule has 9 amide bonds. The molecule has 8 atom stereocenters. The van der Waals surface area contributed by atoms with Gasteiger partial charge in [-0.05, 0) is 93.6 Å². The van der Waals surface area contributed by atoms with Crippen LogP contribution in [0.2, 0.25) is 0 Å². The Morgan fingerprint density at radius 3 is 1.49 bits per heavy atom. The molecule has 0 unspecified atom stereocenters. The second kappa shape index (κ2) is 32.8. The summed E-state index contributed by atoms with van der Waals surface area (Å²) < 4.78 is 0. The van der Waals surface area contributed by atoms with Crippen molar-refractivity contribution in [3.8, 4) is 5.75 Å². The first kappa shape index (κ1) is 62.9. The second-order valence-electron chi connectivity index (χ2n) is 18.8. The number of phenols is 1. The van der Waals surface area contributed by atoms with Crippen LogP contribution in [0.15, 0.2) is 54.6 Å². The first-order valence-electron chi connectivity index (χ1n) is 24.9. The summed E-state index contributed by atoms with van der Waals surface area (Å²) in [5.41, 5.74) is 23.6. The number of unbranched alkanes of at least 4 members (excludes halogenated alkanes) is 2. The summed E-state index contributed by atoms with van der Waals surface area (Å²) in [6.07, 6.45) is 1.38. The number of carbonyl (C=O) groups excluding carboxylic acids is 9. The summed E-state index contributed by atoms with van der Waals surface area (Å²) in [6, 6.07) is 4.06. The number of rotatable bonds is 34. The molecule has 0 heterocycles. The van der Waals surface area contributed by atoms with Crippen LogP contribution < -0.4 is 65.5 Å². The van der Waals surface area contributed by atoms with Gasteiger partial charge in [-0.2, -0.15) is 0 Å². The lowest BCUT2D eigenvalue weighted by Crippen LogP contribution is -2.61. The maximum Gasteiger partial charge on any atom is 0.303 e. The van der Waals surface area contributed by atoms with Gasteiger partial charge < -0.3 is 75.7 Å². The summed E-state index contributed by atoms with van der Waals surface area (Å²) in [5.74, 6) is -9.61. The van der Waals surface area contributed by atoms with Crippen LogP contribution >= 0.6 is 0 Å². The predicted molar refractivity (Wildman–Crippen MR) is 274 cm³/mol. The number of aromatic hydroxyl groups is 1. The van der Waals surface area contributed by atoms with E-state index in [4.69, 9.17) is 22.9 Å². The van der Waals surface area contributed by atoms with E-state index in [1.165, 1.54) is 31.2 Å². The van der Waals surface area contributed by atoms with Crippen molar-refractivity contribution in [1.82, 2.24) is 42.5 Å². The van der Waals surface area contributed by atoms with Gasteiger partial charge in [0.2, 0.25) is 53.2 Å². The van der Waals surface area contributed by atoms with Gasteiger partial charge in [0.15, 0.2) is 0 Å². The molecule has 2 aromatic rings. The molecule has 0 aromatic heterocycles. The molecule has 74 heavy (non-hydrogen) atoms. The molecular formula is C50H78N12O12. The Hall–Kier alpha value is -7.18. The first-order chi connectivity index (χ1) is 35.0. The molecule has 2 aromatic carbocycles. The standard InChI is InChI=1S/C50H78N12O12/c1-28(2)41(49(73)55-27-39(54)64)62-50(74)42(29(3)4)61-46(70)36(21-22-40(65)66)58-48(72)38(25-31-13-7-6-8-14-31)59-43(67)30(5)56-47(71)37(26-32-17-19-33(63)20-18-32)60-45(69)35(16-10-12-24-52)57-44(68)34(53)15-9-11-23-51/h6-8,13-14,17-20,28-30,34-38,41-42,63H,9-12,15-16,21-27,51-53H2,1-5H3,(H2,54,64)(H,55,73)(H,56,71)(H,57,68)(H,58,72)(H,59,67)(H,60,69)(H,61,70)(H,62,74)(H,65,66)/t30-,34+,35+,36+,37+,38+,41+,42+/m1/s1. The van der Waals surface area contributed by atoms with E-state index in [2.05, 4.69) is 42.5 Å². The fourth-order valence-electron chi connectivity index (χ4n) is 7.42. The highest BCUT2D eigenvalue weighted by atomic mass is 16.4. The minimum Gasteiger partial charge on any atom is -0.508 e. The molecule has 0 aliphatic heterocycles.